The first-order valence-corrected chi connectivity index (χ1v) is 7.45. The van der Waals surface area contributed by atoms with Gasteiger partial charge in [0.1, 0.15) is 17.8 Å². The molecule has 2 nitrogen and oxygen atoms in total. The van der Waals surface area contributed by atoms with E-state index in [1.54, 1.807) is 0 Å². The van der Waals surface area contributed by atoms with Crippen LogP contribution in [0.2, 0.25) is 0 Å². The fourth-order valence-electron chi connectivity index (χ4n) is 1.94. The quantitative estimate of drug-likeness (QED) is 0.545. The zero-order valence-corrected chi connectivity index (χ0v) is 13.0. The molecule has 0 atom stereocenters. The van der Waals surface area contributed by atoms with Crippen LogP contribution in [0.1, 0.15) is 24.0 Å². The minimum Gasteiger partial charge on any atom is -0.457 e. The summed E-state index contributed by atoms with van der Waals surface area (Å²) in [6, 6.07) is 13.9. The Morgan fingerprint density at radius 2 is 1.90 bits per heavy atom. The fourth-order valence-corrected chi connectivity index (χ4v) is 2.29. The van der Waals surface area contributed by atoms with Crippen molar-refractivity contribution >= 4 is 22.2 Å². The minimum atomic E-state index is 0.621. The molecule has 3 heteroatoms. The zero-order chi connectivity index (χ0) is 14.4. The molecule has 0 spiro atoms. The van der Waals surface area contributed by atoms with Gasteiger partial charge in [0.05, 0.1) is 0 Å². The van der Waals surface area contributed by atoms with Crippen molar-refractivity contribution < 1.29 is 9.53 Å². The number of carbonyl (C=O) groups excluding carboxylic acids is 1. The number of aryl methyl sites for hydroxylation is 1. The molecule has 0 fully saturated rings. The number of rotatable bonds is 6. The van der Waals surface area contributed by atoms with Crippen LogP contribution in [0.25, 0.3) is 0 Å². The molecule has 0 radical (unpaired) electrons. The summed E-state index contributed by atoms with van der Waals surface area (Å²) >= 11 is 3.50. The van der Waals surface area contributed by atoms with E-state index in [0.29, 0.717) is 6.42 Å². The third-order valence-electron chi connectivity index (χ3n) is 3.16. The van der Waals surface area contributed by atoms with Gasteiger partial charge in [0.15, 0.2) is 0 Å². The Morgan fingerprint density at radius 3 is 2.60 bits per heavy atom. The lowest BCUT2D eigenvalue weighted by molar-refractivity contribution is -0.107. The molecule has 0 bridgehead atoms. The van der Waals surface area contributed by atoms with E-state index >= 15 is 0 Å². The second kappa shape index (κ2) is 7.25. The highest BCUT2D eigenvalue weighted by Gasteiger charge is 2.04. The van der Waals surface area contributed by atoms with Crippen molar-refractivity contribution in [3.05, 3.63) is 58.1 Å². The predicted molar refractivity (Wildman–Crippen MR) is 84.4 cm³/mol. The van der Waals surface area contributed by atoms with Crippen LogP contribution in [-0.4, -0.2) is 6.29 Å². The summed E-state index contributed by atoms with van der Waals surface area (Å²) in [6.07, 6.45) is 3.41. The topological polar surface area (TPSA) is 26.3 Å². The SMILES string of the molecule is Cc1c(Br)cccc1Oc1ccc(CCCC=O)cc1. The number of hydrogen-bond acceptors (Lipinski definition) is 2. The Labute approximate surface area is 127 Å². The summed E-state index contributed by atoms with van der Waals surface area (Å²) in [5, 5.41) is 0. The van der Waals surface area contributed by atoms with E-state index in [9.17, 15) is 4.79 Å². The van der Waals surface area contributed by atoms with Crippen LogP contribution in [-0.2, 0) is 11.2 Å². The van der Waals surface area contributed by atoms with Crippen LogP contribution in [0.3, 0.4) is 0 Å². The van der Waals surface area contributed by atoms with Gasteiger partial charge in [-0.2, -0.15) is 0 Å². The largest absolute Gasteiger partial charge is 0.457 e. The lowest BCUT2D eigenvalue weighted by Gasteiger charge is -2.10. The molecule has 0 aliphatic rings. The van der Waals surface area contributed by atoms with Crippen molar-refractivity contribution in [1.82, 2.24) is 0 Å². The lowest BCUT2D eigenvalue weighted by Crippen LogP contribution is -1.90. The van der Waals surface area contributed by atoms with E-state index in [4.69, 9.17) is 4.74 Å². The van der Waals surface area contributed by atoms with Crippen LogP contribution in [0.4, 0.5) is 0 Å². The van der Waals surface area contributed by atoms with E-state index in [2.05, 4.69) is 15.9 Å². The standard InChI is InChI=1S/C17H17BrO2/c1-13-16(18)6-4-7-17(13)20-15-10-8-14(9-11-15)5-2-3-12-19/h4,6-12H,2-3,5H2,1H3. The van der Waals surface area contributed by atoms with Crippen molar-refractivity contribution in [1.29, 1.82) is 0 Å². The second-order valence-corrected chi connectivity index (χ2v) is 5.52. The summed E-state index contributed by atoms with van der Waals surface area (Å²) in [4.78, 5) is 10.3. The number of benzene rings is 2. The Kier molecular flexibility index (Phi) is 5.36. The highest BCUT2D eigenvalue weighted by atomic mass is 79.9. The number of ether oxygens (including phenoxy) is 1. The Morgan fingerprint density at radius 1 is 1.15 bits per heavy atom. The van der Waals surface area contributed by atoms with Crippen LogP contribution >= 0.6 is 15.9 Å². The summed E-state index contributed by atoms with van der Waals surface area (Å²) in [6.45, 7) is 2.02. The van der Waals surface area contributed by atoms with Gasteiger partial charge in [-0.1, -0.05) is 34.1 Å². The average molecular weight is 333 g/mol. The smallest absolute Gasteiger partial charge is 0.131 e. The Hall–Kier alpha value is -1.61. The molecule has 0 aromatic heterocycles. The summed E-state index contributed by atoms with van der Waals surface area (Å²) in [5.74, 6) is 1.68. The molecule has 0 N–H and O–H groups in total. The molecular formula is C17H17BrO2. The summed E-state index contributed by atoms with van der Waals surface area (Å²) in [7, 11) is 0. The van der Waals surface area contributed by atoms with Gasteiger partial charge >= 0.3 is 0 Å². The molecule has 2 aromatic carbocycles. The number of carbonyl (C=O) groups is 1. The molecule has 2 rings (SSSR count). The van der Waals surface area contributed by atoms with Gasteiger partial charge in [-0.3, -0.25) is 0 Å². The van der Waals surface area contributed by atoms with Gasteiger partial charge in [-0.05, 0) is 49.6 Å². The van der Waals surface area contributed by atoms with Crippen molar-refractivity contribution in [2.24, 2.45) is 0 Å². The first kappa shape index (κ1) is 14.8. The van der Waals surface area contributed by atoms with Crippen molar-refractivity contribution in [2.75, 3.05) is 0 Å². The maximum absolute atomic E-state index is 10.3. The maximum atomic E-state index is 10.3. The maximum Gasteiger partial charge on any atom is 0.131 e. The average Bonchev–Trinajstić information content (AvgIpc) is 2.46. The van der Waals surface area contributed by atoms with Gasteiger partial charge in [0.25, 0.3) is 0 Å². The van der Waals surface area contributed by atoms with Gasteiger partial charge in [0.2, 0.25) is 0 Å². The first-order chi connectivity index (χ1) is 9.70. The molecule has 0 aliphatic heterocycles. The second-order valence-electron chi connectivity index (χ2n) is 4.67. The number of hydrogen-bond donors (Lipinski definition) is 0. The zero-order valence-electron chi connectivity index (χ0n) is 11.4. The van der Waals surface area contributed by atoms with Crippen LogP contribution in [0.5, 0.6) is 11.5 Å². The van der Waals surface area contributed by atoms with E-state index in [1.165, 1.54) is 5.56 Å². The van der Waals surface area contributed by atoms with E-state index in [-0.39, 0.29) is 0 Å². The van der Waals surface area contributed by atoms with Crippen molar-refractivity contribution in [3.8, 4) is 11.5 Å². The third kappa shape index (κ3) is 3.94. The molecular weight excluding hydrogens is 316 g/mol. The van der Waals surface area contributed by atoms with E-state index in [0.717, 1.165) is 40.7 Å². The van der Waals surface area contributed by atoms with Gasteiger partial charge in [-0.15, -0.1) is 0 Å². The lowest BCUT2D eigenvalue weighted by atomic mass is 10.1. The van der Waals surface area contributed by atoms with Gasteiger partial charge in [0, 0.05) is 16.5 Å². The number of aldehydes is 1. The van der Waals surface area contributed by atoms with Crippen LogP contribution < -0.4 is 4.74 Å². The highest BCUT2D eigenvalue weighted by molar-refractivity contribution is 9.10. The molecule has 20 heavy (non-hydrogen) atoms. The number of unbranched alkanes of at least 4 members (excludes halogenated alkanes) is 1. The molecule has 0 heterocycles. The molecule has 0 aliphatic carbocycles. The predicted octanol–water partition coefficient (Wildman–Crippen LogP) is 5.07. The third-order valence-corrected chi connectivity index (χ3v) is 4.02. The number of halogens is 1. The van der Waals surface area contributed by atoms with Crippen LogP contribution in [0, 0.1) is 6.92 Å². The van der Waals surface area contributed by atoms with Crippen LogP contribution in [0.15, 0.2) is 46.9 Å². The Bertz CT molecular complexity index is 576. The molecule has 0 unspecified atom stereocenters. The fraction of sp³-hybridized carbons (Fsp3) is 0.235. The van der Waals surface area contributed by atoms with E-state index in [1.807, 2.05) is 49.4 Å². The van der Waals surface area contributed by atoms with Gasteiger partial charge in [-0.25, -0.2) is 0 Å². The molecule has 0 amide bonds. The summed E-state index contributed by atoms with van der Waals surface area (Å²) in [5.41, 5.74) is 2.31. The van der Waals surface area contributed by atoms with Crippen molar-refractivity contribution in [3.63, 3.8) is 0 Å². The molecule has 0 saturated heterocycles. The van der Waals surface area contributed by atoms with E-state index < -0.39 is 0 Å². The molecule has 0 saturated carbocycles. The minimum absolute atomic E-state index is 0.621. The van der Waals surface area contributed by atoms with Crippen molar-refractivity contribution in [2.45, 2.75) is 26.2 Å². The highest BCUT2D eigenvalue weighted by Crippen LogP contribution is 2.29. The van der Waals surface area contributed by atoms with Gasteiger partial charge < -0.3 is 9.53 Å². The Balaban J connectivity index is 2.03. The monoisotopic (exact) mass is 332 g/mol. The summed E-state index contributed by atoms with van der Waals surface area (Å²) < 4.78 is 6.93. The molecule has 2 aromatic rings. The normalized spacial score (nSPS) is 10.3. The first-order valence-electron chi connectivity index (χ1n) is 6.66. The molecule has 104 valence electrons.